The van der Waals surface area contributed by atoms with Crippen LogP contribution in [0.25, 0.3) is 11.6 Å². The summed E-state index contributed by atoms with van der Waals surface area (Å²) in [5.41, 5.74) is 4.53. The Hall–Kier alpha value is -3.45. The van der Waals surface area contributed by atoms with Gasteiger partial charge < -0.3 is 20.9 Å². The molecule has 0 atom stereocenters. The maximum absolute atomic E-state index is 12.6. The zero-order valence-corrected chi connectivity index (χ0v) is 20.7. The van der Waals surface area contributed by atoms with E-state index in [0.29, 0.717) is 23.7 Å². The van der Waals surface area contributed by atoms with Gasteiger partial charge in [0.15, 0.2) is 5.78 Å². The monoisotopic (exact) mass is 474 g/mol. The fraction of sp³-hybridized carbons (Fsp3) is 0.393. The Morgan fingerprint density at radius 2 is 1.86 bits per heavy atom. The standard InChI is InChI=1S/C28H34N4O3/c1-18(33)21-9-12-26-24(17-21)25(28(35)31-26)16-19-5-4-6-23(15-19)30-22-10-7-20(8-11-22)27(34)29-13-14-32(2)3/h4-6,9,12,15-17,20,22,30H,7-8,10-11,13-14H2,1-3H3,(H,29,34)(H,31,35)/t20-,22+. The van der Waals surface area contributed by atoms with E-state index in [-0.39, 0.29) is 23.5 Å². The van der Waals surface area contributed by atoms with Crippen molar-refractivity contribution in [3.05, 3.63) is 59.2 Å². The van der Waals surface area contributed by atoms with Crippen molar-refractivity contribution in [1.29, 1.82) is 0 Å². The minimum Gasteiger partial charge on any atom is -0.382 e. The van der Waals surface area contributed by atoms with Crippen molar-refractivity contribution in [2.24, 2.45) is 5.92 Å². The van der Waals surface area contributed by atoms with Crippen LogP contribution >= 0.6 is 0 Å². The number of Topliss-reactive ketones (excluding diaryl/α,β-unsaturated/α-hetero) is 1. The second kappa shape index (κ2) is 10.9. The molecule has 7 heteroatoms. The molecular formula is C28H34N4O3. The maximum Gasteiger partial charge on any atom is 0.256 e. The van der Waals surface area contributed by atoms with Gasteiger partial charge in [-0.05, 0) is 88.7 Å². The van der Waals surface area contributed by atoms with Gasteiger partial charge in [0.1, 0.15) is 0 Å². The highest BCUT2D eigenvalue weighted by Gasteiger charge is 2.27. The van der Waals surface area contributed by atoms with Crippen molar-refractivity contribution in [3.8, 4) is 0 Å². The fourth-order valence-corrected chi connectivity index (χ4v) is 4.72. The predicted molar refractivity (Wildman–Crippen MR) is 140 cm³/mol. The lowest BCUT2D eigenvalue weighted by atomic mass is 9.85. The summed E-state index contributed by atoms with van der Waals surface area (Å²) in [5.74, 6) is 0.0637. The number of carbonyl (C=O) groups excluding carboxylic acids is 3. The molecule has 1 fully saturated rings. The maximum atomic E-state index is 12.6. The zero-order chi connectivity index (χ0) is 24.9. The number of benzene rings is 2. The summed E-state index contributed by atoms with van der Waals surface area (Å²) >= 11 is 0. The molecule has 2 aromatic rings. The van der Waals surface area contributed by atoms with Crippen LogP contribution in [0.15, 0.2) is 42.5 Å². The van der Waals surface area contributed by atoms with Gasteiger partial charge in [-0.25, -0.2) is 0 Å². The van der Waals surface area contributed by atoms with Crippen molar-refractivity contribution < 1.29 is 14.4 Å². The molecule has 35 heavy (non-hydrogen) atoms. The molecule has 0 bridgehead atoms. The Labute approximate surface area is 207 Å². The number of anilines is 2. The highest BCUT2D eigenvalue weighted by atomic mass is 16.2. The first kappa shape index (κ1) is 24.7. The first-order valence-electron chi connectivity index (χ1n) is 12.3. The van der Waals surface area contributed by atoms with E-state index in [1.165, 1.54) is 6.92 Å². The average molecular weight is 475 g/mol. The minimum absolute atomic E-state index is 0.0292. The van der Waals surface area contributed by atoms with E-state index in [0.717, 1.165) is 54.7 Å². The fourth-order valence-electron chi connectivity index (χ4n) is 4.72. The Morgan fingerprint density at radius 1 is 1.09 bits per heavy atom. The zero-order valence-electron chi connectivity index (χ0n) is 20.7. The molecular weight excluding hydrogens is 440 g/mol. The van der Waals surface area contributed by atoms with Crippen LogP contribution < -0.4 is 16.0 Å². The van der Waals surface area contributed by atoms with E-state index in [1.54, 1.807) is 18.2 Å². The van der Waals surface area contributed by atoms with Gasteiger partial charge in [0.05, 0.1) is 0 Å². The summed E-state index contributed by atoms with van der Waals surface area (Å²) in [5, 5.41) is 9.53. The summed E-state index contributed by atoms with van der Waals surface area (Å²) in [6.07, 6.45) is 5.52. The SMILES string of the molecule is CC(=O)c1ccc2c(c1)C(=Cc1cccc(N[C@H]3CC[C@@H](C(=O)NCCN(C)C)CC3)c1)C(=O)N2. The van der Waals surface area contributed by atoms with Gasteiger partial charge in [0.2, 0.25) is 5.91 Å². The van der Waals surface area contributed by atoms with Crippen LogP contribution in [-0.4, -0.2) is 55.7 Å². The second-order valence-electron chi connectivity index (χ2n) is 9.74. The largest absolute Gasteiger partial charge is 0.382 e. The van der Waals surface area contributed by atoms with E-state index >= 15 is 0 Å². The summed E-state index contributed by atoms with van der Waals surface area (Å²) in [4.78, 5) is 38.9. The van der Waals surface area contributed by atoms with Crippen molar-refractivity contribution in [3.63, 3.8) is 0 Å². The summed E-state index contributed by atoms with van der Waals surface area (Å²) in [6, 6.07) is 13.6. The molecule has 2 amide bonds. The van der Waals surface area contributed by atoms with Crippen molar-refractivity contribution in [2.75, 3.05) is 37.8 Å². The van der Waals surface area contributed by atoms with Crippen LogP contribution in [0.1, 0.15) is 54.1 Å². The molecule has 0 spiro atoms. The number of nitrogens with zero attached hydrogens (tertiary/aromatic N) is 1. The molecule has 1 aliphatic carbocycles. The number of fused-ring (bicyclic) bond motifs is 1. The Kier molecular flexibility index (Phi) is 7.66. The van der Waals surface area contributed by atoms with Crippen molar-refractivity contribution in [1.82, 2.24) is 10.2 Å². The predicted octanol–water partition coefficient (Wildman–Crippen LogP) is 4.03. The smallest absolute Gasteiger partial charge is 0.256 e. The van der Waals surface area contributed by atoms with E-state index < -0.39 is 0 Å². The number of ketones is 1. The first-order valence-corrected chi connectivity index (χ1v) is 12.3. The molecule has 1 aliphatic heterocycles. The molecule has 2 aromatic carbocycles. The minimum atomic E-state index is -0.166. The summed E-state index contributed by atoms with van der Waals surface area (Å²) in [6.45, 7) is 3.06. The third-order valence-electron chi connectivity index (χ3n) is 6.73. The molecule has 1 saturated carbocycles. The van der Waals surface area contributed by atoms with Gasteiger partial charge in [-0.15, -0.1) is 0 Å². The quantitative estimate of drug-likeness (QED) is 0.397. The first-order chi connectivity index (χ1) is 16.8. The molecule has 0 saturated heterocycles. The van der Waals surface area contributed by atoms with Crippen LogP contribution in [0.2, 0.25) is 0 Å². The van der Waals surface area contributed by atoms with E-state index in [1.807, 2.05) is 44.4 Å². The van der Waals surface area contributed by atoms with Gasteiger partial charge in [-0.2, -0.15) is 0 Å². The van der Waals surface area contributed by atoms with E-state index in [2.05, 4.69) is 20.9 Å². The van der Waals surface area contributed by atoms with Crippen LogP contribution in [0.4, 0.5) is 11.4 Å². The van der Waals surface area contributed by atoms with Gasteiger partial charge in [0, 0.05) is 53.1 Å². The van der Waals surface area contributed by atoms with Gasteiger partial charge in [-0.3, -0.25) is 14.4 Å². The van der Waals surface area contributed by atoms with Gasteiger partial charge in [0.25, 0.3) is 5.91 Å². The molecule has 1 heterocycles. The highest BCUT2D eigenvalue weighted by Crippen LogP contribution is 2.34. The van der Waals surface area contributed by atoms with Crippen molar-refractivity contribution in [2.45, 2.75) is 38.6 Å². The van der Waals surface area contributed by atoms with Crippen LogP contribution in [0.5, 0.6) is 0 Å². The van der Waals surface area contributed by atoms with Crippen molar-refractivity contribution >= 4 is 40.6 Å². The number of hydrogen-bond donors (Lipinski definition) is 3. The molecule has 2 aliphatic rings. The molecule has 7 nitrogen and oxygen atoms in total. The molecule has 3 N–H and O–H groups in total. The highest BCUT2D eigenvalue weighted by molar-refractivity contribution is 6.35. The van der Waals surface area contributed by atoms with Gasteiger partial charge in [-0.1, -0.05) is 12.1 Å². The van der Waals surface area contributed by atoms with E-state index in [4.69, 9.17) is 0 Å². The Bertz CT molecular complexity index is 1150. The number of hydrogen-bond acceptors (Lipinski definition) is 5. The summed E-state index contributed by atoms with van der Waals surface area (Å²) in [7, 11) is 4.00. The topological polar surface area (TPSA) is 90.5 Å². The lowest BCUT2D eigenvalue weighted by molar-refractivity contribution is -0.126. The van der Waals surface area contributed by atoms with Crippen LogP contribution in [0, 0.1) is 5.92 Å². The lowest BCUT2D eigenvalue weighted by Gasteiger charge is -2.29. The molecule has 0 unspecified atom stereocenters. The molecule has 0 aromatic heterocycles. The molecule has 184 valence electrons. The third kappa shape index (κ3) is 6.17. The number of nitrogens with one attached hydrogen (secondary N) is 3. The van der Waals surface area contributed by atoms with Gasteiger partial charge >= 0.3 is 0 Å². The number of carbonyl (C=O) groups is 3. The number of likely N-dealkylation sites (N-methyl/N-ethyl adjacent to an activating group) is 1. The third-order valence-corrected chi connectivity index (χ3v) is 6.73. The normalized spacial score (nSPS) is 20.5. The Morgan fingerprint density at radius 3 is 2.57 bits per heavy atom. The average Bonchev–Trinajstić information content (AvgIpc) is 3.13. The Balaban J connectivity index is 1.38. The van der Waals surface area contributed by atoms with Crippen LogP contribution in [0.3, 0.4) is 0 Å². The molecule has 4 rings (SSSR count). The van der Waals surface area contributed by atoms with E-state index in [9.17, 15) is 14.4 Å². The summed E-state index contributed by atoms with van der Waals surface area (Å²) < 4.78 is 0. The molecule has 0 radical (unpaired) electrons. The number of rotatable bonds is 8. The second-order valence-corrected chi connectivity index (χ2v) is 9.74. The number of amides is 2. The van der Waals surface area contributed by atoms with Crippen LogP contribution in [-0.2, 0) is 9.59 Å². The lowest BCUT2D eigenvalue weighted by Crippen LogP contribution is -2.38.